The van der Waals surface area contributed by atoms with Crippen LogP contribution in [0.1, 0.15) is 5.01 Å². The molecule has 0 spiro atoms. The van der Waals surface area contributed by atoms with Gasteiger partial charge < -0.3 is 10.0 Å². The molecule has 1 aliphatic rings. The van der Waals surface area contributed by atoms with E-state index in [-0.39, 0.29) is 18.1 Å². The summed E-state index contributed by atoms with van der Waals surface area (Å²) in [4.78, 5) is 6.22. The van der Waals surface area contributed by atoms with Crippen molar-refractivity contribution in [2.45, 2.75) is 0 Å². The number of aliphatic hydroxyl groups is 1. The summed E-state index contributed by atoms with van der Waals surface area (Å²) < 4.78 is 1.02. The zero-order valence-electron chi connectivity index (χ0n) is 12.3. The Morgan fingerprint density at radius 3 is 2.67 bits per heavy atom. The number of aromatic nitrogens is 1. The molecule has 0 radical (unpaired) electrons. The Balaban J connectivity index is 1.73. The highest BCUT2D eigenvalue weighted by Crippen LogP contribution is 2.36. The fraction of sp³-hybridized carbons (Fsp3) is 0.0588. The number of rotatable bonds is 2. The van der Waals surface area contributed by atoms with E-state index in [1.807, 2.05) is 24.3 Å². The third kappa shape index (κ3) is 2.45. The molecular weight excluding hydrogens is 365 g/mol. The van der Waals surface area contributed by atoms with Crippen molar-refractivity contribution in [1.82, 2.24) is 4.98 Å². The summed E-state index contributed by atoms with van der Waals surface area (Å²) in [5.41, 5.74) is 2.03. The summed E-state index contributed by atoms with van der Waals surface area (Å²) in [6, 6.07) is 12.9. The van der Waals surface area contributed by atoms with Gasteiger partial charge in [0.15, 0.2) is 0 Å². The normalized spacial score (nSPS) is 14.9. The summed E-state index contributed by atoms with van der Waals surface area (Å²) in [6.07, 6.45) is 0. The number of hydrogen-bond donors (Lipinski definition) is 2. The van der Waals surface area contributed by atoms with Crippen molar-refractivity contribution in [3.8, 4) is 0 Å². The molecule has 0 unspecified atom stereocenters. The van der Waals surface area contributed by atoms with Crippen molar-refractivity contribution in [3.63, 3.8) is 0 Å². The average Bonchev–Trinajstić information content (AvgIpc) is 3.10. The Bertz CT molecular complexity index is 979. The molecule has 0 atom stereocenters. The lowest BCUT2D eigenvalue weighted by atomic mass is 10.2. The highest BCUT2D eigenvalue weighted by molar-refractivity contribution is 7.19. The highest BCUT2D eigenvalue weighted by Gasteiger charge is 2.31. The second-order valence-corrected chi connectivity index (χ2v) is 7.19. The van der Waals surface area contributed by atoms with Gasteiger partial charge in [0.05, 0.1) is 32.4 Å². The fourth-order valence-corrected chi connectivity index (χ4v) is 3.98. The standard InChI is InChI=1S/C17H11Cl2N3OS/c18-10-6-5-9(7-11(10)19)22-8-13(23)15(16(22)20)17-21-12-3-1-2-4-14(12)24-17/h1-7,20,23H,8H2. The molecule has 2 heterocycles. The van der Waals surface area contributed by atoms with Gasteiger partial charge in [-0.2, -0.15) is 0 Å². The lowest BCUT2D eigenvalue weighted by Gasteiger charge is -2.19. The first-order chi connectivity index (χ1) is 11.5. The minimum Gasteiger partial charge on any atom is -0.510 e. The largest absolute Gasteiger partial charge is 0.510 e. The number of anilines is 1. The van der Waals surface area contributed by atoms with Crippen LogP contribution in [0.5, 0.6) is 0 Å². The van der Waals surface area contributed by atoms with Crippen LogP contribution < -0.4 is 4.90 Å². The fourth-order valence-electron chi connectivity index (χ4n) is 2.66. The SMILES string of the molecule is N=C1C(c2nc3ccccc3s2)=C(O)CN1c1ccc(Cl)c(Cl)c1. The Hall–Kier alpha value is -2.08. The van der Waals surface area contributed by atoms with Gasteiger partial charge in [0.2, 0.25) is 0 Å². The number of fused-ring (bicyclic) bond motifs is 1. The minimum atomic E-state index is 0.130. The number of hydrogen-bond acceptors (Lipinski definition) is 4. The predicted octanol–water partition coefficient (Wildman–Crippen LogP) is 5.37. The van der Waals surface area contributed by atoms with E-state index in [1.54, 1.807) is 23.1 Å². The Kier molecular flexibility index (Phi) is 3.72. The minimum absolute atomic E-state index is 0.130. The second-order valence-electron chi connectivity index (χ2n) is 5.34. The van der Waals surface area contributed by atoms with Crippen LogP contribution in [0.2, 0.25) is 10.0 Å². The van der Waals surface area contributed by atoms with E-state index in [0.29, 0.717) is 26.3 Å². The van der Waals surface area contributed by atoms with Crippen LogP contribution in [0.15, 0.2) is 48.2 Å². The van der Waals surface area contributed by atoms with Gasteiger partial charge in [-0.3, -0.25) is 5.41 Å². The molecule has 4 nitrogen and oxygen atoms in total. The summed E-state index contributed by atoms with van der Waals surface area (Å²) in [7, 11) is 0. The summed E-state index contributed by atoms with van der Waals surface area (Å²) in [6.45, 7) is 0.210. The van der Waals surface area contributed by atoms with Crippen molar-refractivity contribution in [2.24, 2.45) is 0 Å². The second kappa shape index (κ2) is 5.77. The van der Waals surface area contributed by atoms with E-state index in [2.05, 4.69) is 4.98 Å². The third-order valence-corrected chi connectivity index (χ3v) is 5.62. The van der Waals surface area contributed by atoms with E-state index in [4.69, 9.17) is 28.6 Å². The van der Waals surface area contributed by atoms with Crippen LogP contribution in [0.3, 0.4) is 0 Å². The van der Waals surface area contributed by atoms with Gasteiger partial charge in [0.1, 0.15) is 16.6 Å². The molecule has 0 fully saturated rings. The molecule has 2 N–H and O–H groups in total. The Morgan fingerprint density at radius 1 is 1.12 bits per heavy atom. The number of aliphatic hydroxyl groups excluding tert-OH is 1. The monoisotopic (exact) mass is 375 g/mol. The van der Waals surface area contributed by atoms with E-state index < -0.39 is 0 Å². The number of nitrogens with one attached hydrogen (secondary N) is 1. The quantitative estimate of drug-likeness (QED) is 0.632. The van der Waals surface area contributed by atoms with Crippen LogP contribution in [-0.4, -0.2) is 22.5 Å². The van der Waals surface area contributed by atoms with Gasteiger partial charge in [-0.1, -0.05) is 35.3 Å². The lowest BCUT2D eigenvalue weighted by molar-refractivity contribution is 0.411. The van der Waals surface area contributed by atoms with Crippen LogP contribution in [0, 0.1) is 5.41 Å². The molecule has 0 saturated heterocycles. The van der Waals surface area contributed by atoms with E-state index >= 15 is 0 Å². The number of para-hydroxylation sites is 1. The van der Waals surface area contributed by atoms with Crippen LogP contribution in [0.4, 0.5) is 5.69 Å². The van der Waals surface area contributed by atoms with Crippen molar-refractivity contribution < 1.29 is 5.11 Å². The molecule has 120 valence electrons. The zero-order valence-corrected chi connectivity index (χ0v) is 14.6. The molecular formula is C17H11Cl2N3OS. The summed E-state index contributed by atoms with van der Waals surface area (Å²) >= 11 is 13.5. The first-order valence-corrected chi connectivity index (χ1v) is 8.71. The molecule has 1 aromatic heterocycles. The first kappa shape index (κ1) is 15.4. The van der Waals surface area contributed by atoms with Gasteiger partial charge in [0.25, 0.3) is 0 Å². The maximum absolute atomic E-state index is 10.4. The van der Waals surface area contributed by atoms with Gasteiger partial charge in [0, 0.05) is 5.69 Å². The van der Waals surface area contributed by atoms with E-state index in [9.17, 15) is 5.11 Å². The molecule has 4 rings (SSSR count). The van der Waals surface area contributed by atoms with E-state index in [0.717, 1.165) is 10.2 Å². The van der Waals surface area contributed by atoms with E-state index in [1.165, 1.54) is 11.3 Å². The molecule has 3 aromatic rings. The van der Waals surface area contributed by atoms with Crippen molar-refractivity contribution in [2.75, 3.05) is 11.4 Å². The number of halogens is 2. The maximum atomic E-state index is 10.4. The molecule has 7 heteroatoms. The maximum Gasteiger partial charge on any atom is 0.139 e. The van der Waals surface area contributed by atoms with Crippen LogP contribution in [-0.2, 0) is 0 Å². The van der Waals surface area contributed by atoms with Gasteiger partial charge in [-0.05, 0) is 30.3 Å². The average molecular weight is 376 g/mol. The van der Waals surface area contributed by atoms with Crippen molar-refractivity contribution in [3.05, 3.63) is 63.3 Å². The predicted molar refractivity (Wildman–Crippen MR) is 101 cm³/mol. The molecule has 24 heavy (non-hydrogen) atoms. The van der Waals surface area contributed by atoms with Gasteiger partial charge in [-0.15, -0.1) is 11.3 Å². The molecule has 0 saturated carbocycles. The Morgan fingerprint density at radius 2 is 1.92 bits per heavy atom. The molecule has 1 aliphatic heterocycles. The number of nitrogens with zero attached hydrogens (tertiary/aromatic N) is 2. The van der Waals surface area contributed by atoms with Crippen LogP contribution in [0.25, 0.3) is 15.8 Å². The zero-order chi connectivity index (χ0) is 16.8. The Labute approximate surface area is 152 Å². The van der Waals surface area contributed by atoms with Gasteiger partial charge >= 0.3 is 0 Å². The first-order valence-electron chi connectivity index (χ1n) is 7.14. The highest BCUT2D eigenvalue weighted by atomic mass is 35.5. The van der Waals surface area contributed by atoms with Gasteiger partial charge in [-0.25, -0.2) is 4.98 Å². The number of amidine groups is 1. The molecule has 0 aliphatic carbocycles. The summed E-state index contributed by atoms with van der Waals surface area (Å²) in [5.74, 6) is 0.329. The topological polar surface area (TPSA) is 60.2 Å². The molecule has 0 amide bonds. The number of benzene rings is 2. The summed E-state index contributed by atoms with van der Waals surface area (Å²) in [5, 5.41) is 20.4. The molecule has 2 aromatic carbocycles. The smallest absolute Gasteiger partial charge is 0.139 e. The number of thiazole rings is 1. The molecule has 0 bridgehead atoms. The lowest BCUT2D eigenvalue weighted by Crippen LogP contribution is -2.25. The third-order valence-electron chi connectivity index (χ3n) is 3.83. The van der Waals surface area contributed by atoms with Crippen molar-refractivity contribution >= 4 is 61.9 Å². The van der Waals surface area contributed by atoms with Crippen LogP contribution >= 0.6 is 34.5 Å². The van der Waals surface area contributed by atoms with Crippen molar-refractivity contribution in [1.29, 1.82) is 5.41 Å².